The molecule has 1 aromatic rings. The number of hydrogen-bond acceptors (Lipinski definition) is 1. The number of amides is 1. The van der Waals surface area contributed by atoms with Crippen LogP contribution in [-0.2, 0) is 5.54 Å². The Balaban J connectivity index is 2.66. The van der Waals surface area contributed by atoms with Gasteiger partial charge >= 0.3 is 0 Å². The Kier molecular flexibility index (Phi) is 1.64. The van der Waals surface area contributed by atoms with E-state index in [1.165, 1.54) is 0 Å². The van der Waals surface area contributed by atoms with Crippen molar-refractivity contribution in [3.63, 3.8) is 0 Å². The van der Waals surface area contributed by atoms with Gasteiger partial charge in [-0.25, -0.2) is 0 Å². The molecule has 3 heteroatoms. The number of rotatable bonds is 0. The zero-order valence-corrected chi connectivity index (χ0v) is 8.27. The summed E-state index contributed by atoms with van der Waals surface area (Å²) in [6.07, 6.45) is 0. The molecule has 13 heavy (non-hydrogen) atoms. The summed E-state index contributed by atoms with van der Waals surface area (Å²) in [7, 11) is 0. The SMILES string of the molecule is CC1(C)NC(=O)c2cc(Cl)ccc21. The summed E-state index contributed by atoms with van der Waals surface area (Å²) in [4.78, 5) is 11.5. The smallest absolute Gasteiger partial charge is 0.252 e. The van der Waals surface area contributed by atoms with Crippen molar-refractivity contribution in [3.8, 4) is 0 Å². The van der Waals surface area contributed by atoms with Gasteiger partial charge in [-0.3, -0.25) is 4.79 Å². The van der Waals surface area contributed by atoms with E-state index in [4.69, 9.17) is 11.6 Å². The van der Waals surface area contributed by atoms with Gasteiger partial charge in [0.05, 0.1) is 5.54 Å². The minimum absolute atomic E-state index is 0.0394. The predicted molar refractivity (Wildman–Crippen MR) is 51.9 cm³/mol. The lowest BCUT2D eigenvalue weighted by atomic mass is 9.95. The van der Waals surface area contributed by atoms with E-state index in [1.54, 1.807) is 6.07 Å². The Hall–Kier alpha value is -1.02. The van der Waals surface area contributed by atoms with E-state index >= 15 is 0 Å². The fraction of sp³-hybridized carbons (Fsp3) is 0.300. The standard InChI is InChI=1S/C10H10ClNO/c1-10(2)8-4-3-6(11)5-7(8)9(13)12-10/h3-5H,1-2H3,(H,12,13). The summed E-state index contributed by atoms with van der Waals surface area (Å²) in [5.41, 5.74) is 1.44. The third-order valence-electron chi connectivity index (χ3n) is 2.33. The third kappa shape index (κ3) is 1.22. The molecule has 1 aromatic carbocycles. The molecule has 1 amide bonds. The molecule has 1 aliphatic heterocycles. The fourth-order valence-corrected chi connectivity index (χ4v) is 1.84. The van der Waals surface area contributed by atoms with Gasteiger partial charge in [-0.1, -0.05) is 17.7 Å². The maximum Gasteiger partial charge on any atom is 0.252 e. The van der Waals surface area contributed by atoms with Crippen molar-refractivity contribution < 1.29 is 4.79 Å². The molecule has 1 heterocycles. The van der Waals surface area contributed by atoms with Crippen LogP contribution in [-0.4, -0.2) is 5.91 Å². The topological polar surface area (TPSA) is 29.1 Å². The van der Waals surface area contributed by atoms with E-state index in [-0.39, 0.29) is 11.4 Å². The molecule has 0 bridgehead atoms. The van der Waals surface area contributed by atoms with Crippen LogP contribution in [0.4, 0.5) is 0 Å². The van der Waals surface area contributed by atoms with Crippen molar-refractivity contribution in [2.45, 2.75) is 19.4 Å². The third-order valence-corrected chi connectivity index (χ3v) is 2.56. The Bertz CT molecular complexity index is 385. The molecule has 1 aliphatic rings. The highest BCUT2D eigenvalue weighted by Gasteiger charge is 2.34. The lowest BCUT2D eigenvalue weighted by Crippen LogP contribution is -2.32. The molecule has 0 saturated heterocycles. The van der Waals surface area contributed by atoms with Gasteiger partial charge in [-0.05, 0) is 31.5 Å². The Labute approximate surface area is 81.9 Å². The van der Waals surface area contributed by atoms with Gasteiger partial charge in [0.15, 0.2) is 0 Å². The molecule has 1 N–H and O–H groups in total. The number of hydrogen-bond donors (Lipinski definition) is 1. The first kappa shape index (κ1) is 8.57. The summed E-state index contributed by atoms with van der Waals surface area (Å²) in [6, 6.07) is 5.42. The maximum atomic E-state index is 11.5. The highest BCUT2D eigenvalue weighted by molar-refractivity contribution is 6.31. The first-order chi connectivity index (χ1) is 6.00. The number of halogens is 1. The number of fused-ring (bicyclic) bond motifs is 1. The van der Waals surface area contributed by atoms with E-state index in [0.29, 0.717) is 10.6 Å². The second-order valence-corrected chi connectivity index (χ2v) is 4.21. The number of carbonyl (C=O) groups excluding carboxylic acids is 1. The van der Waals surface area contributed by atoms with Gasteiger partial charge in [0.1, 0.15) is 0 Å². The second-order valence-electron chi connectivity index (χ2n) is 3.77. The molecule has 68 valence electrons. The largest absolute Gasteiger partial charge is 0.343 e. The van der Waals surface area contributed by atoms with Crippen molar-refractivity contribution in [1.82, 2.24) is 5.32 Å². The average molecular weight is 196 g/mol. The summed E-state index contributed by atoms with van der Waals surface area (Å²) < 4.78 is 0. The van der Waals surface area contributed by atoms with E-state index in [0.717, 1.165) is 5.56 Å². The summed E-state index contributed by atoms with van der Waals surface area (Å²) >= 11 is 5.80. The first-order valence-electron chi connectivity index (χ1n) is 4.13. The minimum atomic E-state index is -0.267. The zero-order valence-electron chi connectivity index (χ0n) is 7.52. The summed E-state index contributed by atoms with van der Waals surface area (Å²) in [5.74, 6) is -0.0394. The van der Waals surface area contributed by atoms with Crippen LogP contribution in [0.5, 0.6) is 0 Å². The molecular weight excluding hydrogens is 186 g/mol. The van der Waals surface area contributed by atoms with Crippen molar-refractivity contribution in [1.29, 1.82) is 0 Å². The van der Waals surface area contributed by atoms with Crippen LogP contribution in [0.2, 0.25) is 5.02 Å². The van der Waals surface area contributed by atoms with Gasteiger partial charge in [0.2, 0.25) is 0 Å². The van der Waals surface area contributed by atoms with Crippen LogP contribution in [0.15, 0.2) is 18.2 Å². The van der Waals surface area contributed by atoms with Gasteiger partial charge < -0.3 is 5.32 Å². The molecule has 0 aliphatic carbocycles. The first-order valence-corrected chi connectivity index (χ1v) is 4.51. The summed E-state index contributed by atoms with van der Waals surface area (Å²) in [5, 5.41) is 3.49. The molecule has 0 spiro atoms. The van der Waals surface area contributed by atoms with Crippen molar-refractivity contribution in [3.05, 3.63) is 34.3 Å². The van der Waals surface area contributed by atoms with Crippen LogP contribution in [0.3, 0.4) is 0 Å². The Morgan fingerprint density at radius 3 is 2.77 bits per heavy atom. The van der Waals surface area contributed by atoms with Crippen LogP contribution in [0, 0.1) is 0 Å². The average Bonchev–Trinajstić information content (AvgIpc) is 2.22. The van der Waals surface area contributed by atoms with E-state index in [1.807, 2.05) is 26.0 Å². The molecule has 0 fully saturated rings. The highest BCUT2D eigenvalue weighted by Crippen LogP contribution is 2.31. The monoisotopic (exact) mass is 195 g/mol. The number of nitrogens with one attached hydrogen (secondary N) is 1. The van der Waals surface area contributed by atoms with Crippen molar-refractivity contribution in [2.24, 2.45) is 0 Å². The minimum Gasteiger partial charge on any atom is -0.343 e. The van der Waals surface area contributed by atoms with E-state index in [9.17, 15) is 4.79 Å². The lowest BCUT2D eigenvalue weighted by molar-refractivity contribution is 0.0940. The second kappa shape index (κ2) is 2.48. The fourth-order valence-electron chi connectivity index (χ4n) is 1.67. The molecular formula is C10H10ClNO. The molecule has 0 saturated carbocycles. The van der Waals surface area contributed by atoms with E-state index < -0.39 is 0 Å². The summed E-state index contributed by atoms with van der Waals surface area (Å²) in [6.45, 7) is 3.95. The lowest BCUT2D eigenvalue weighted by Gasteiger charge is -2.18. The Morgan fingerprint density at radius 2 is 2.08 bits per heavy atom. The van der Waals surface area contributed by atoms with Gasteiger partial charge in [0.25, 0.3) is 5.91 Å². The van der Waals surface area contributed by atoms with Gasteiger partial charge in [0, 0.05) is 10.6 Å². The predicted octanol–water partition coefficient (Wildman–Crippen LogP) is 2.32. The number of carbonyl (C=O) groups is 1. The molecule has 0 atom stereocenters. The highest BCUT2D eigenvalue weighted by atomic mass is 35.5. The molecule has 2 nitrogen and oxygen atoms in total. The van der Waals surface area contributed by atoms with Crippen LogP contribution in [0.25, 0.3) is 0 Å². The van der Waals surface area contributed by atoms with Crippen molar-refractivity contribution in [2.75, 3.05) is 0 Å². The normalized spacial score (nSPS) is 18.2. The van der Waals surface area contributed by atoms with Crippen molar-refractivity contribution >= 4 is 17.5 Å². The zero-order chi connectivity index (χ0) is 9.64. The van der Waals surface area contributed by atoms with Crippen LogP contribution < -0.4 is 5.32 Å². The molecule has 2 rings (SSSR count). The molecule has 0 radical (unpaired) electrons. The van der Waals surface area contributed by atoms with Gasteiger partial charge in [-0.2, -0.15) is 0 Å². The quantitative estimate of drug-likeness (QED) is 0.677. The Morgan fingerprint density at radius 1 is 1.38 bits per heavy atom. The maximum absolute atomic E-state index is 11.5. The van der Waals surface area contributed by atoms with Crippen LogP contribution >= 0.6 is 11.6 Å². The van der Waals surface area contributed by atoms with E-state index in [2.05, 4.69) is 5.32 Å². The van der Waals surface area contributed by atoms with Gasteiger partial charge in [-0.15, -0.1) is 0 Å². The molecule has 0 unspecified atom stereocenters. The van der Waals surface area contributed by atoms with Crippen LogP contribution in [0.1, 0.15) is 29.8 Å². The number of benzene rings is 1. The molecule has 0 aromatic heterocycles.